The Labute approximate surface area is 209 Å². The topological polar surface area (TPSA) is 62.5 Å². The van der Waals surface area contributed by atoms with Gasteiger partial charge in [0.2, 0.25) is 5.91 Å². The molecule has 0 aliphatic heterocycles. The van der Waals surface area contributed by atoms with Crippen LogP contribution in [0.2, 0.25) is 0 Å². The van der Waals surface area contributed by atoms with Crippen molar-refractivity contribution in [1.29, 1.82) is 0 Å². The number of carboxylic acid groups (broad SMARTS) is 1. The zero-order valence-electron chi connectivity index (χ0n) is 20.2. The molecule has 1 N–H and O–H groups in total. The maximum Gasteiger partial charge on any atom is 0.323 e. The molecule has 1 unspecified atom stereocenters. The molecule has 1 aromatic heterocycles. The van der Waals surface area contributed by atoms with Crippen LogP contribution in [0.3, 0.4) is 0 Å². The number of hydrogen-bond donors (Lipinski definition) is 1. The highest BCUT2D eigenvalue weighted by Crippen LogP contribution is 2.35. The number of benzene rings is 3. The van der Waals surface area contributed by atoms with Crippen LogP contribution in [0.25, 0.3) is 10.9 Å². The third-order valence-corrected chi connectivity index (χ3v) is 7.37. The largest absolute Gasteiger partial charge is 0.480 e. The second-order valence-electron chi connectivity index (χ2n) is 9.57. The van der Waals surface area contributed by atoms with E-state index < -0.39 is 5.97 Å². The summed E-state index contributed by atoms with van der Waals surface area (Å²) < 4.78 is 16.0. The predicted molar refractivity (Wildman–Crippen MR) is 137 cm³/mol. The van der Waals surface area contributed by atoms with Gasteiger partial charge < -0.3 is 14.6 Å². The zero-order chi connectivity index (χ0) is 25.2. The molecule has 0 fully saturated rings. The first-order valence-electron chi connectivity index (χ1n) is 12.3. The molecule has 36 heavy (non-hydrogen) atoms. The van der Waals surface area contributed by atoms with E-state index in [0.29, 0.717) is 19.3 Å². The molecule has 0 spiro atoms. The van der Waals surface area contributed by atoms with E-state index in [9.17, 15) is 19.1 Å². The molecule has 184 valence electrons. The molecule has 0 saturated heterocycles. The van der Waals surface area contributed by atoms with E-state index in [4.69, 9.17) is 0 Å². The van der Waals surface area contributed by atoms with Gasteiger partial charge in [0, 0.05) is 29.7 Å². The molecule has 2 atom stereocenters. The van der Waals surface area contributed by atoms with Gasteiger partial charge >= 0.3 is 5.97 Å². The standard InChI is InChI=1S/C30H29FN2O3/c1-32(30(36)24(21-10-6-3-7-11-21)16-20-8-4-2-5-9-20)23-13-15-28-26(18-23)25-17-22(31)12-14-27(25)33(28)19-29(34)35/h2-12,14,17,23-24H,13,15-16,18-19H2,1H3,(H,34,35)/t23-,24?/m0/s1. The first kappa shape index (κ1) is 23.8. The van der Waals surface area contributed by atoms with Crippen LogP contribution in [-0.4, -0.2) is 39.5 Å². The second-order valence-corrected chi connectivity index (χ2v) is 9.57. The van der Waals surface area contributed by atoms with Crippen LogP contribution in [0.1, 0.15) is 34.7 Å². The number of amides is 1. The van der Waals surface area contributed by atoms with Gasteiger partial charge in [-0.1, -0.05) is 60.7 Å². The van der Waals surface area contributed by atoms with E-state index in [-0.39, 0.29) is 30.2 Å². The highest BCUT2D eigenvalue weighted by atomic mass is 19.1. The molecule has 5 rings (SSSR count). The van der Waals surface area contributed by atoms with Crippen LogP contribution in [0.5, 0.6) is 0 Å². The van der Waals surface area contributed by atoms with Crippen molar-refractivity contribution in [1.82, 2.24) is 9.47 Å². The maximum absolute atomic E-state index is 14.2. The predicted octanol–water partition coefficient (Wildman–Crippen LogP) is 5.21. The van der Waals surface area contributed by atoms with Crippen molar-refractivity contribution < 1.29 is 19.1 Å². The third kappa shape index (κ3) is 4.63. The molecule has 4 aromatic rings. The fourth-order valence-corrected chi connectivity index (χ4v) is 5.56. The summed E-state index contributed by atoms with van der Waals surface area (Å²) in [5.41, 5.74) is 4.69. The van der Waals surface area contributed by atoms with E-state index in [1.165, 1.54) is 12.1 Å². The number of carbonyl (C=O) groups excluding carboxylic acids is 1. The quantitative estimate of drug-likeness (QED) is 0.392. The number of fused-ring (bicyclic) bond motifs is 3. The minimum atomic E-state index is -0.931. The summed E-state index contributed by atoms with van der Waals surface area (Å²) in [5, 5.41) is 10.2. The number of aliphatic carboxylic acids is 1. The van der Waals surface area contributed by atoms with Crippen LogP contribution in [0, 0.1) is 5.82 Å². The van der Waals surface area contributed by atoms with Crippen molar-refractivity contribution in [3.8, 4) is 0 Å². The molecule has 1 aliphatic carbocycles. The molecular weight excluding hydrogens is 455 g/mol. The number of nitrogens with zero attached hydrogens (tertiary/aromatic N) is 2. The summed E-state index contributed by atoms with van der Waals surface area (Å²) in [6.07, 6.45) is 2.53. The van der Waals surface area contributed by atoms with Gasteiger partial charge in [-0.3, -0.25) is 9.59 Å². The Morgan fingerprint density at radius 1 is 1.06 bits per heavy atom. The first-order chi connectivity index (χ1) is 17.4. The van der Waals surface area contributed by atoms with Gasteiger partial charge in [-0.05, 0) is 60.6 Å². The summed E-state index contributed by atoms with van der Waals surface area (Å²) in [6.45, 7) is -0.163. The number of carbonyl (C=O) groups is 2. The highest BCUT2D eigenvalue weighted by molar-refractivity contribution is 5.88. The zero-order valence-corrected chi connectivity index (χ0v) is 20.2. The molecule has 0 radical (unpaired) electrons. The van der Waals surface area contributed by atoms with Gasteiger partial charge in [0.1, 0.15) is 12.4 Å². The van der Waals surface area contributed by atoms with E-state index >= 15 is 0 Å². The lowest BCUT2D eigenvalue weighted by atomic mass is 9.87. The average Bonchev–Trinajstić information content (AvgIpc) is 3.19. The highest BCUT2D eigenvalue weighted by Gasteiger charge is 2.33. The van der Waals surface area contributed by atoms with Crippen LogP contribution >= 0.6 is 0 Å². The van der Waals surface area contributed by atoms with Crippen LogP contribution in [0.4, 0.5) is 4.39 Å². The molecule has 3 aromatic carbocycles. The Balaban J connectivity index is 1.45. The summed E-state index contributed by atoms with van der Waals surface area (Å²) in [5.74, 6) is -1.54. The van der Waals surface area contributed by atoms with Crippen molar-refractivity contribution in [3.63, 3.8) is 0 Å². The maximum atomic E-state index is 14.2. The second kappa shape index (κ2) is 9.97. The van der Waals surface area contributed by atoms with Crippen LogP contribution < -0.4 is 0 Å². The molecule has 0 saturated carbocycles. The monoisotopic (exact) mass is 484 g/mol. The normalized spacial score (nSPS) is 15.9. The van der Waals surface area contributed by atoms with Crippen molar-refractivity contribution in [2.75, 3.05) is 7.05 Å². The summed E-state index contributed by atoms with van der Waals surface area (Å²) >= 11 is 0. The van der Waals surface area contributed by atoms with E-state index in [1.54, 1.807) is 10.6 Å². The first-order valence-corrected chi connectivity index (χ1v) is 12.3. The molecule has 5 nitrogen and oxygen atoms in total. The number of likely N-dealkylation sites (N-methyl/N-ethyl adjacent to an activating group) is 1. The van der Waals surface area contributed by atoms with Gasteiger partial charge in [0.15, 0.2) is 0 Å². The van der Waals surface area contributed by atoms with Crippen LogP contribution in [-0.2, 0) is 35.4 Å². The number of hydrogen-bond acceptors (Lipinski definition) is 2. The van der Waals surface area contributed by atoms with E-state index in [2.05, 4.69) is 0 Å². The number of rotatable bonds is 7. The Bertz CT molecular complexity index is 1400. The third-order valence-electron chi connectivity index (χ3n) is 7.37. The van der Waals surface area contributed by atoms with Gasteiger partial charge in [0.05, 0.1) is 5.92 Å². The molecule has 6 heteroatoms. The Morgan fingerprint density at radius 3 is 2.44 bits per heavy atom. The SMILES string of the molecule is CN(C(=O)C(Cc1ccccc1)c1ccccc1)[C@H]1CCc2c(c3cc(F)ccc3n2CC(=O)O)C1. The van der Waals surface area contributed by atoms with E-state index in [0.717, 1.165) is 39.7 Å². The average molecular weight is 485 g/mol. The van der Waals surface area contributed by atoms with Gasteiger partial charge in [-0.2, -0.15) is 0 Å². The summed E-state index contributed by atoms with van der Waals surface area (Å²) in [6, 6.07) is 24.3. The molecule has 1 aliphatic rings. The lowest BCUT2D eigenvalue weighted by molar-refractivity contribution is -0.137. The van der Waals surface area contributed by atoms with E-state index in [1.807, 2.05) is 72.6 Å². The molecule has 1 amide bonds. The number of carboxylic acids is 1. The van der Waals surface area contributed by atoms with Crippen molar-refractivity contribution in [2.45, 2.75) is 44.2 Å². The Morgan fingerprint density at radius 2 is 1.75 bits per heavy atom. The minimum absolute atomic E-state index is 0.0546. The number of halogens is 1. The molecule has 0 bridgehead atoms. The lowest BCUT2D eigenvalue weighted by Gasteiger charge is -2.34. The van der Waals surface area contributed by atoms with Crippen molar-refractivity contribution in [2.24, 2.45) is 0 Å². The lowest BCUT2D eigenvalue weighted by Crippen LogP contribution is -2.43. The van der Waals surface area contributed by atoms with Crippen LogP contribution in [0.15, 0.2) is 78.9 Å². The molecule has 1 heterocycles. The summed E-state index contributed by atoms with van der Waals surface area (Å²) in [7, 11) is 1.86. The fourth-order valence-electron chi connectivity index (χ4n) is 5.56. The fraction of sp³-hybridized carbons (Fsp3) is 0.267. The smallest absolute Gasteiger partial charge is 0.323 e. The van der Waals surface area contributed by atoms with Crippen molar-refractivity contribution >= 4 is 22.8 Å². The Kier molecular flexibility index (Phi) is 6.59. The van der Waals surface area contributed by atoms with Crippen molar-refractivity contribution in [3.05, 3.63) is 107 Å². The minimum Gasteiger partial charge on any atom is -0.480 e. The van der Waals surface area contributed by atoms with Gasteiger partial charge in [-0.15, -0.1) is 0 Å². The van der Waals surface area contributed by atoms with Gasteiger partial charge in [0.25, 0.3) is 0 Å². The Hall–Kier alpha value is -3.93. The number of aromatic nitrogens is 1. The molecular formula is C30H29FN2O3. The summed E-state index contributed by atoms with van der Waals surface area (Å²) in [4.78, 5) is 27.3. The van der Waals surface area contributed by atoms with Gasteiger partial charge in [-0.25, -0.2) is 4.39 Å².